The zero-order valence-electron chi connectivity index (χ0n) is 14.1. The van der Waals surface area contributed by atoms with Gasteiger partial charge in [-0.25, -0.2) is 4.39 Å². The van der Waals surface area contributed by atoms with Crippen LogP contribution >= 0.6 is 11.8 Å². The van der Waals surface area contributed by atoms with Crippen molar-refractivity contribution in [2.75, 3.05) is 43.8 Å². The maximum Gasteiger partial charge on any atom is 0.235 e. The Hall–Kier alpha value is -1.60. The van der Waals surface area contributed by atoms with E-state index < -0.39 is 0 Å². The number of amides is 2. The molecule has 5 nitrogen and oxygen atoms in total. The van der Waals surface area contributed by atoms with Crippen molar-refractivity contribution >= 4 is 29.3 Å². The number of hydrogen-bond acceptors (Lipinski definition) is 4. The van der Waals surface area contributed by atoms with Crippen LogP contribution in [0.25, 0.3) is 0 Å². The SMILES string of the molecule is CCN1CCN(C(=O)C(C)SCC(=O)Nc2ccc(F)cc2)CC1. The van der Waals surface area contributed by atoms with E-state index in [4.69, 9.17) is 0 Å². The van der Waals surface area contributed by atoms with E-state index in [0.29, 0.717) is 5.69 Å². The Morgan fingerprint density at radius 1 is 1.21 bits per heavy atom. The Balaban J connectivity index is 1.73. The average molecular weight is 353 g/mol. The van der Waals surface area contributed by atoms with Crippen molar-refractivity contribution in [3.8, 4) is 0 Å². The topological polar surface area (TPSA) is 52.7 Å². The summed E-state index contributed by atoms with van der Waals surface area (Å²) in [5.74, 6) is -0.253. The molecule has 0 radical (unpaired) electrons. The minimum atomic E-state index is -0.343. The van der Waals surface area contributed by atoms with Crippen molar-refractivity contribution in [1.82, 2.24) is 9.80 Å². The van der Waals surface area contributed by atoms with Gasteiger partial charge in [-0.15, -0.1) is 11.8 Å². The molecule has 1 saturated heterocycles. The predicted molar refractivity (Wildman–Crippen MR) is 95.6 cm³/mol. The van der Waals surface area contributed by atoms with Crippen molar-refractivity contribution in [3.63, 3.8) is 0 Å². The molecule has 7 heteroatoms. The number of likely N-dealkylation sites (N-methyl/N-ethyl adjacent to an activating group) is 1. The van der Waals surface area contributed by atoms with Crippen LogP contribution in [-0.4, -0.2) is 65.3 Å². The van der Waals surface area contributed by atoms with Gasteiger partial charge in [0.2, 0.25) is 11.8 Å². The summed E-state index contributed by atoms with van der Waals surface area (Å²) < 4.78 is 12.8. The fraction of sp³-hybridized carbons (Fsp3) is 0.529. The quantitative estimate of drug-likeness (QED) is 0.850. The first-order valence-electron chi connectivity index (χ1n) is 8.17. The summed E-state index contributed by atoms with van der Waals surface area (Å²) in [5.41, 5.74) is 0.552. The molecule has 132 valence electrons. The highest BCUT2D eigenvalue weighted by Crippen LogP contribution is 2.16. The smallest absolute Gasteiger partial charge is 0.235 e. The second-order valence-electron chi connectivity index (χ2n) is 5.77. The molecule has 2 amide bonds. The highest BCUT2D eigenvalue weighted by molar-refractivity contribution is 8.01. The number of anilines is 1. The molecule has 2 rings (SSSR count). The van der Waals surface area contributed by atoms with E-state index in [1.165, 1.54) is 36.0 Å². The monoisotopic (exact) mass is 353 g/mol. The molecule has 0 aliphatic carbocycles. The number of thioether (sulfide) groups is 1. The maximum absolute atomic E-state index is 12.8. The van der Waals surface area contributed by atoms with Crippen LogP contribution in [0, 0.1) is 5.82 Å². The predicted octanol–water partition coefficient (Wildman–Crippen LogP) is 2.05. The zero-order chi connectivity index (χ0) is 17.5. The lowest BCUT2D eigenvalue weighted by Crippen LogP contribution is -2.50. The highest BCUT2D eigenvalue weighted by Gasteiger charge is 2.25. The Bertz CT molecular complexity index is 559. The third-order valence-electron chi connectivity index (χ3n) is 4.07. The molecule has 1 atom stereocenters. The zero-order valence-corrected chi connectivity index (χ0v) is 14.9. The second kappa shape index (κ2) is 9.03. The van der Waals surface area contributed by atoms with Gasteiger partial charge in [-0.3, -0.25) is 9.59 Å². The van der Waals surface area contributed by atoms with Gasteiger partial charge >= 0.3 is 0 Å². The molecule has 0 bridgehead atoms. The van der Waals surface area contributed by atoms with Gasteiger partial charge < -0.3 is 15.1 Å². The maximum atomic E-state index is 12.8. The van der Waals surface area contributed by atoms with Crippen LogP contribution in [0.1, 0.15) is 13.8 Å². The van der Waals surface area contributed by atoms with E-state index in [1.807, 2.05) is 11.8 Å². The summed E-state index contributed by atoms with van der Waals surface area (Å²) in [6.07, 6.45) is 0. The normalized spacial score (nSPS) is 16.7. The van der Waals surface area contributed by atoms with E-state index in [2.05, 4.69) is 17.1 Å². The average Bonchev–Trinajstić information content (AvgIpc) is 2.61. The molecule has 1 heterocycles. The van der Waals surface area contributed by atoms with Gasteiger partial charge in [-0.2, -0.15) is 0 Å². The summed E-state index contributed by atoms with van der Waals surface area (Å²) in [5, 5.41) is 2.45. The lowest BCUT2D eigenvalue weighted by Gasteiger charge is -2.35. The van der Waals surface area contributed by atoms with Gasteiger partial charge in [0.25, 0.3) is 0 Å². The number of carbonyl (C=O) groups is 2. The summed E-state index contributed by atoms with van der Waals surface area (Å²) in [6.45, 7) is 8.28. The van der Waals surface area contributed by atoms with Crippen LogP contribution in [0.3, 0.4) is 0 Å². The van der Waals surface area contributed by atoms with Crippen LogP contribution in [0.4, 0.5) is 10.1 Å². The molecule has 24 heavy (non-hydrogen) atoms. The summed E-state index contributed by atoms with van der Waals surface area (Å²) in [7, 11) is 0. The Morgan fingerprint density at radius 2 is 1.83 bits per heavy atom. The van der Waals surface area contributed by atoms with E-state index in [0.717, 1.165) is 32.7 Å². The fourth-order valence-corrected chi connectivity index (χ4v) is 3.31. The van der Waals surface area contributed by atoms with Crippen molar-refractivity contribution in [3.05, 3.63) is 30.1 Å². The molecule has 1 unspecified atom stereocenters. The number of rotatable bonds is 6. The number of benzene rings is 1. The van der Waals surface area contributed by atoms with Crippen LogP contribution in [0.2, 0.25) is 0 Å². The van der Waals surface area contributed by atoms with Crippen LogP contribution in [0.15, 0.2) is 24.3 Å². The first-order valence-corrected chi connectivity index (χ1v) is 9.22. The van der Waals surface area contributed by atoms with Gasteiger partial charge in [-0.05, 0) is 37.7 Å². The van der Waals surface area contributed by atoms with Crippen molar-refractivity contribution in [2.45, 2.75) is 19.1 Å². The first kappa shape index (κ1) is 18.7. The molecule has 1 aromatic carbocycles. The first-order chi connectivity index (χ1) is 11.5. The summed E-state index contributed by atoms with van der Waals surface area (Å²) >= 11 is 1.32. The summed E-state index contributed by atoms with van der Waals surface area (Å²) in [4.78, 5) is 28.5. The van der Waals surface area contributed by atoms with Crippen molar-refractivity contribution in [1.29, 1.82) is 0 Å². The molecular weight excluding hydrogens is 329 g/mol. The minimum absolute atomic E-state index is 0.0883. The van der Waals surface area contributed by atoms with Crippen molar-refractivity contribution in [2.24, 2.45) is 0 Å². The standard InChI is InChI=1S/C17H24FN3O2S/c1-3-20-8-10-21(11-9-20)17(23)13(2)24-12-16(22)19-15-6-4-14(18)5-7-15/h4-7,13H,3,8-12H2,1-2H3,(H,19,22). The van der Waals surface area contributed by atoms with E-state index in [9.17, 15) is 14.0 Å². The van der Waals surface area contributed by atoms with Gasteiger partial charge in [0.15, 0.2) is 0 Å². The van der Waals surface area contributed by atoms with Crippen LogP contribution in [-0.2, 0) is 9.59 Å². The molecule has 1 aromatic rings. The number of nitrogens with zero attached hydrogens (tertiary/aromatic N) is 2. The largest absolute Gasteiger partial charge is 0.339 e. The number of carbonyl (C=O) groups excluding carboxylic acids is 2. The summed E-state index contributed by atoms with van der Waals surface area (Å²) in [6, 6.07) is 5.62. The third kappa shape index (κ3) is 5.49. The van der Waals surface area contributed by atoms with E-state index in [-0.39, 0.29) is 28.6 Å². The molecule has 0 spiro atoms. The Morgan fingerprint density at radius 3 is 2.42 bits per heavy atom. The molecule has 0 aromatic heterocycles. The second-order valence-corrected chi connectivity index (χ2v) is 7.10. The molecule has 1 aliphatic rings. The van der Waals surface area contributed by atoms with Crippen molar-refractivity contribution < 1.29 is 14.0 Å². The number of hydrogen-bond donors (Lipinski definition) is 1. The molecule has 1 fully saturated rings. The molecular formula is C17H24FN3O2S. The lowest BCUT2D eigenvalue weighted by molar-refractivity contribution is -0.132. The Kier molecular flexibility index (Phi) is 7.05. The van der Waals surface area contributed by atoms with Gasteiger partial charge in [0.05, 0.1) is 11.0 Å². The number of piperazine rings is 1. The van der Waals surface area contributed by atoms with Crippen LogP contribution < -0.4 is 5.32 Å². The van der Waals surface area contributed by atoms with Crippen LogP contribution in [0.5, 0.6) is 0 Å². The minimum Gasteiger partial charge on any atom is -0.339 e. The Labute approximate surface area is 146 Å². The molecule has 1 N–H and O–H groups in total. The molecule has 0 saturated carbocycles. The van der Waals surface area contributed by atoms with Gasteiger partial charge in [0.1, 0.15) is 5.82 Å². The fourth-order valence-electron chi connectivity index (χ4n) is 2.54. The highest BCUT2D eigenvalue weighted by atomic mass is 32.2. The van der Waals surface area contributed by atoms with Gasteiger partial charge in [-0.1, -0.05) is 6.92 Å². The number of halogens is 1. The molecule has 1 aliphatic heterocycles. The van der Waals surface area contributed by atoms with Gasteiger partial charge in [0, 0.05) is 31.9 Å². The van der Waals surface area contributed by atoms with E-state index >= 15 is 0 Å². The number of nitrogens with one attached hydrogen (secondary N) is 1. The van der Waals surface area contributed by atoms with E-state index in [1.54, 1.807) is 0 Å². The third-order valence-corrected chi connectivity index (χ3v) is 5.20. The lowest BCUT2D eigenvalue weighted by atomic mass is 10.3.